The quantitative estimate of drug-likeness (QED) is 0.926. The van der Waals surface area contributed by atoms with Gasteiger partial charge in [0.25, 0.3) is 0 Å². The number of hydrogen-bond donors (Lipinski definition) is 1. The predicted octanol–water partition coefficient (Wildman–Crippen LogP) is 2.59. The van der Waals surface area contributed by atoms with E-state index >= 15 is 0 Å². The molecule has 0 radical (unpaired) electrons. The van der Waals surface area contributed by atoms with Crippen LogP contribution in [0.2, 0.25) is 0 Å². The van der Waals surface area contributed by atoms with E-state index in [2.05, 4.69) is 10.3 Å². The van der Waals surface area contributed by atoms with Crippen molar-refractivity contribution in [2.75, 3.05) is 23.8 Å². The molecule has 17 heavy (non-hydrogen) atoms. The number of nitrogens with zero attached hydrogens (tertiary/aromatic N) is 2. The molecule has 0 atom stereocenters. The van der Waals surface area contributed by atoms with Gasteiger partial charge in [0.05, 0.1) is 17.2 Å². The van der Waals surface area contributed by atoms with E-state index in [4.69, 9.17) is 0 Å². The Kier molecular flexibility index (Phi) is 3.75. The maximum absolute atomic E-state index is 11.7. The molecule has 2 heterocycles. The minimum absolute atomic E-state index is 0.0461. The van der Waals surface area contributed by atoms with Crippen LogP contribution in [0.15, 0.2) is 22.9 Å². The average Bonchev–Trinajstić information content (AvgIpc) is 2.89. The molecule has 0 aliphatic heterocycles. The summed E-state index contributed by atoms with van der Waals surface area (Å²) in [7, 11) is 1.90. The number of nitrogens with one attached hydrogen (secondary N) is 1. The van der Waals surface area contributed by atoms with Crippen LogP contribution in [-0.2, 0) is 4.79 Å². The first kappa shape index (κ1) is 12.1. The van der Waals surface area contributed by atoms with Crippen molar-refractivity contribution in [1.29, 1.82) is 0 Å². The summed E-state index contributed by atoms with van der Waals surface area (Å²) in [6, 6.07) is 3.96. The highest BCUT2D eigenvalue weighted by molar-refractivity contribution is 7.14. The number of aryl methyl sites for hydroxylation is 1. The molecule has 0 aliphatic carbocycles. The zero-order valence-electron chi connectivity index (χ0n) is 9.64. The molecule has 90 valence electrons. The number of anilines is 2. The van der Waals surface area contributed by atoms with Crippen molar-refractivity contribution < 1.29 is 4.79 Å². The summed E-state index contributed by atoms with van der Waals surface area (Å²) in [5.41, 5.74) is 0.928. The lowest BCUT2D eigenvalue weighted by Gasteiger charge is -2.15. The third kappa shape index (κ3) is 3.28. The van der Waals surface area contributed by atoms with Crippen molar-refractivity contribution >= 4 is 38.7 Å². The van der Waals surface area contributed by atoms with Crippen LogP contribution >= 0.6 is 22.7 Å². The number of amides is 1. The fraction of sp³-hybridized carbons (Fsp3) is 0.273. The Morgan fingerprint density at radius 3 is 2.94 bits per heavy atom. The molecule has 0 bridgehead atoms. The van der Waals surface area contributed by atoms with Crippen LogP contribution in [-0.4, -0.2) is 24.5 Å². The molecule has 2 aromatic rings. The molecule has 0 aromatic carbocycles. The van der Waals surface area contributed by atoms with E-state index in [0.29, 0.717) is 11.7 Å². The Bertz CT molecular complexity index is 493. The Morgan fingerprint density at radius 1 is 1.53 bits per heavy atom. The maximum atomic E-state index is 11.7. The van der Waals surface area contributed by atoms with Crippen LogP contribution in [0.25, 0.3) is 0 Å². The van der Waals surface area contributed by atoms with Gasteiger partial charge in [0.2, 0.25) is 5.91 Å². The number of carbonyl (C=O) groups is 1. The number of hydrogen-bond acceptors (Lipinski definition) is 5. The molecule has 0 aliphatic rings. The van der Waals surface area contributed by atoms with E-state index < -0.39 is 0 Å². The third-order valence-corrected chi connectivity index (χ3v) is 3.99. The van der Waals surface area contributed by atoms with Gasteiger partial charge < -0.3 is 10.2 Å². The van der Waals surface area contributed by atoms with Crippen LogP contribution in [0.3, 0.4) is 0 Å². The molecule has 0 fully saturated rings. The van der Waals surface area contributed by atoms with Crippen molar-refractivity contribution in [2.45, 2.75) is 6.92 Å². The predicted molar refractivity (Wildman–Crippen MR) is 73.1 cm³/mol. The minimum atomic E-state index is -0.0461. The Labute approximate surface area is 108 Å². The summed E-state index contributed by atoms with van der Waals surface area (Å²) in [5.74, 6) is -0.0461. The first-order chi connectivity index (χ1) is 8.15. The second kappa shape index (κ2) is 5.29. The monoisotopic (exact) mass is 267 g/mol. The fourth-order valence-corrected chi connectivity index (χ4v) is 2.75. The summed E-state index contributed by atoms with van der Waals surface area (Å²) in [6.07, 6.45) is 0. The molecular formula is C11H13N3OS2. The SMILES string of the molecule is Cc1csc(NC(=O)CN(C)c2cccs2)n1. The van der Waals surface area contributed by atoms with Crippen LogP contribution in [0.1, 0.15) is 5.69 Å². The molecule has 1 amide bonds. The number of aromatic nitrogens is 1. The van der Waals surface area contributed by atoms with E-state index in [0.717, 1.165) is 10.7 Å². The third-order valence-electron chi connectivity index (χ3n) is 2.13. The van der Waals surface area contributed by atoms with Gasteiger partial charge in [0.1, 0.15) is 0 Å². The number of carbonyl (C=O) groups excluding carboxylic acids is 1. The van der Waals surface area contributed by atoms with Gasteiger partial charge in [-0.1, -0.05) is 0 Å². The average molecular weight is 267 g/mol. The smallest absolute Gasteiger partial charge is 0.245 e. The van der Waals surface area contributed by atoms with Gasteiger partial charge in [-0.05, 0) is 24.4 Å². The Morgan fingerprint density at radius 2 is 2.35 bits per heavy atom. The summed E-state index contributed by atoms with van der Waals surface area (Å²) < 4.78 is 0. The lowest BCUT2D eigenvalue weighted by atomic mass is 10.5. The van der Waals surface area contributed by atoms with E-state index in [1.54, 1.807) is 11.3 Å². The molecule has 0 spiro atoms. The topological polar surface area (TPSA) is 45.2 Å². The molecular weight excluding hydrogens is 254 g/mol. The van der Waals surface area contributed by atoms with Gasteiger partial charge in [-0.15, -0.1) is 22.7 Å². The van der Waals surface area contributed by atoms with Gasteiger partial charge in [-0.25, -0.2) is 4.98 Å². The van der Waals surface area contributed by atoms with Crippen LogP contribution in [0, 0.1) is 6.92 Å². The maximum Gasteiger partial charge on any atom is 0.245 e. The van der Waals surface area contributed by atoms with Gasteiger partial charge in [0.15, 0.2) is 5.13 Å². The van der Waals surface area contributed by atoms with Crippen molar-refractivity contribution in [3.63, 3.8) is 0 Å². The van der Waals surface area contributed by atoms with E-state index in [-0.39, 0.29) is 5.91 Å². The van der Waals surface area contributed by atoms with Crippen LogP contribution < -0.4 is 10.2 Å². The zero-order chi connectivity index (χ0) is 12.3. The summed E-state index contributed by atoms with van der Waals surface area (Å²) >= 11 is 3.06. The lowest BCUT2D eigenvalue weighted by Crippen LogP contribution is -2.29. The van der Waals surface area contributed by atoms with Gasteiger partial charge in [-0.2, -0.15) is 0 Å². The molecule has 6 heteroatoms. The van der Waals surface area contributed by atoms with E-state index in [1.807, 2.05) is 41.8 Å². The standard InChI is InChI=1S/C11H13N3OS2/c1-8-7-17-11(12-8)13-9(15)6-14(2)10-4-3-5-16-10/h3-5,7H,6H2,1-2H3,(H,12,13,15). The summed E-state index contributed by atoms with van der Waals surface area (Å²) in [4.78, 5) is 17.9. The fourth-order valence-electron chi connectivity index (χ4n) is 1.35. The minimum Gasteiger partial charge on any atom is -0.357 e. The van der Waals surface area contributed by atoms with Crippen molar-refractivity contribution in [2.24, 2.45) is 0 Å². The highest BCUT2D eigenvalue weighted by atomic mass is 32.1. The number of thiophene rings is 1. The Balaban J connectivity index is 1.89. The summed E-state index contributed by atoms with van der Waals surface area (Å²) in [5, 5.41) is 8.43. The molecule has 4 nitrogen and oxygen atoms in total. The second-order valence-electron chi connectivity index (χ2n) is 3.65. The summed E-state index contributed by atoms with van der Waals surface area (Å²) in [6.45, 7) is 2.24. The molecule has 0 saturated heterocycles. The van der Waals surface area contributed by atoms with Crippen LogP contribution in [0.5, 0.6) is 0 Å². The number of rotatable bonds is 4. The largest absolute Gasteiger partial charge is 0.357 e. The molecule has 2 rings (SSSR count). The lowest BCUT2D eigenvalue weighted by molar-refractivity contribution is -0.114. The first-order valence-corrected chi connectivity index (χ1v) is 6.87. The van der Waals surface area contributed by atoms with Crippen molar-refractivity contribution in [3.05, 3.63) is 28.6 Å². The van der Waals surface area contributed by atoms with Crippen LogP contribution in [0.4, 0.5) is 10.1 Å². The van der Waals surface area contributed by atoms with E-state index in [9.17, 15) is 4.79 Å². The molecule has 1 N–H and O–H groups in total. The molecule has 0 unspecified atom stereocenters. The zero-order valence-corrected chi connectivity index (χ0v) is 11.3. The molecule has 0 saturated carbocycles. The number of thiazole rings is 1. The van der Waals surface area contributed by atoms with Gasteiger partial charge in [-0.3, -0.25) is 4.79 Å². The first-order valence-electron chi connectivity index (χ1n) is 5.12. The highest BCUT2D eigenvalue weighted by Crippen LogP contribution is 2.19. The van der Waals surface area contributed by atoms with Crippen molar-refractivity contribution in [3.8, 4) is 0 Å². The normalized spacial score (nSPS) is 10.2. The number of likely N-dealkylation sites (N-methyl/N-ethyl adjacent to an activating group) is 1. The second-order valence-corrected chi connectivity index (χ2v) is 5.43. The highest BCUT2D eigenvalue weighted by Gasteiger charge is 2.09. The Hall–Kier alpha value is -1.40. The van der Waals surface area contributed by atoms with Crippen molar-refractivity contribution in [1.82, 2.24) is 4.98 Å². The molecule has 2 aromatic heterocycles. The van der Waals surface area contributed by atoms with Gasteiger partial charge in [0, 0.05) is 12.4 Å². The van der Waals surface area contributed by atoms with E-state index in [1.165, 1.54) is 11.3 Å². The van der Waals surface area contributed by atoms with Gasteiger partial charge >= 0.3 is 0 Å².